The molecule has 4 unspecified atom stereocenters. The number of hydrogen-bond acceptors (Lipinski definition) is 2. The summed E-state index contributed by atoms with van der Waals surface area (Å²) in [5.41, 5.74) is 0.582. The first kappa shape index (κ1) is 14.0. The molecular formula is C14H28O2. The van der Waals surface area contributed by atoms with Crippen LogP contribution >= 0.6 is 0 Å². The molecular weight excluding hydrogens is 200 g/mol. The zero-order chi connectivity index (χ0) is 12.6. The van der Waals surface area contributed by atoms with E-state index in [1.54, 1.807) is 7.11 Å². The van der Waals surface area contributed by atoms with Crippen molar-refractivity contribution in [3.8, 4) is 0 Å². The standard InChI is InChI=1S/C14H28O2/c1-8-14(6)12(16-11(3)15-7)9-10(2)13(14,4)5/h10-12H,8-9H2,1-7H3. The Labute approximate surface area is 101 Å². The van der Waals surface area contributed by atoms with E-state index in [9.17, 15) is 0 Å². The minimum Gasteiger partial charge on any atom is -0.356 e. The van der Waals surface area contributed by atoms with Crippen LogP contribution in [0.4, 0.5) is 0 Å². The lowest BCUT2D eigenvalue weighted by molar-refractivity contribution is -0.176. The summed E-state index contributed by atoms with van der Waals surface area (Å²) >= 11 is 0. The third-order valence-electron chi connectivity index (χ3n) is 5.40. The Morgan fingerprint density at radius 2 is 1.88 bits per heavy atom. The van der Waals surface area contributed by atoms with E-state index in [-0.39, 0.29) is 11.7 Å². The van der Waals surface area contributed by atoms with E-state index in [2.05, 4.69) is 34.6 Å². The van der Waals surface area contributed by atoms with E-state index in [0.717, 1.165) is 12.8 Å². The van der Waals surface area contributed by atoms with Crippen molar-refractivity contribution in [3.63, 3.8) is 0 Å². The quantitative estimate of drug-likeness (QED) is 0.680. The monoisotopic (exact) mass is 228 g/mol. The first-order valence-electron chi connectivity index (χ1n) is 6.47. The second-order valence-corrected chi connectivity index (χ2v) is 6.06. The molecule has 0 heterocycles. The van der Waals surface area contributed by atoms with Crippen molar-refractivity contribution < 1.29 is 9.47 Å². The Morgan fingerprint density at radius 1 is 1.31 bits per heavy atom. The molecule has 0 bridgehead atoms. The fourth-order valence-electron chi connectivity index (χ4n) is 3.03. The lowest BCUT2D eigenvalue weighted by Gasteiger charge is -2.43. The third kappa shape index (κ3) is 2.02. The van der Waals surface area contributed by atoms with Gasteiger partial charge in [0.05, 0.1) is 6.10 Å². The highest BCUT2D eigenvalue weighted by Gasteiger charge is 2.55. The van der Waals surface area contributed by atoms with Gasteiger partial charge in [-0.05, 0) is 36.5 Å². The third-order valence-corrected chi connectivity index (χ3v) is 5.40. The van der Waals surface area contributed by atoms with Crippen molar-refractivity contribution in [2.75, 3.05) is 7.11 Å². The second kappa shape index (κ2) is 4.66. The van der Waals surface area contributed by atoms with Crippen molar-refractivity contribution in [1.29, 1.82) is 0 Å². The summed E-state index contributed by atoms with van der Waals surface area (Å²) < 4.78 is 11.3. The number of hydrogen-bond donors (Lipinski definition) is 0. The SMILES string of the molecule is CCC1(C)C(OC(C)OC)CC(C)C1(C)C. The summed E-state index contributed by atoms with van der Waals surface area (Å²) in [5.74, 6) is 0.700. The molecule has 0 spiro atoms. The molecule has 0 saturated heterocycles. The average molecular weight is 228 g/mol. The van der Waals surface area contributed by atoms with Crippen LogP contribution < -0.4 is 0 Å². The largest absolute Gasteiger partial charge is 0.356 e. The first-order chi connectivity index (χ1) is 7.29. The molecule has 0 radical (unpaired) electrons. The maximum absolute atomic E-state index is 6.05. The van der Waals surface area contributed by atoms with Crippen LogP contribution in [0.1, 0.15) is 54.4 Å². The van der Waals surface area contributed by atoms with Gasteiger partial charge in [-0.15, -0.1) is 0 Å². The van der Waals surface area contributed by atoms with Gasteiger partial charge in [-0.3, -0.25) is 0 Å². The minimum absolute atomic E-state index is 0.100. The molecule has 1 aliphatic carbocycles. The van der Waals surface area contributed by atoms with Crippen LogP contribution in [0.15, 0.2) is 0 Å². The summed E-state index contributed by atoms with van der Waals surface area (Å²) in [6.45, 7) is 13.7. The van der Waals surface area contributed by atoms with Crippen LogP contribution in [-0.4, -0.2) is 19.5 Å². The van der Waals surface area contributed by atoms with Gasteiger partial charge in [-0.25, -0.2) is 0 Å². The summed E-state index contributed by atoms with van der Waals surface area (Å²) in [4.78, 5) is 0. The molecule has 1 rings (SSSR count). The van der Waals surface area contributed by atoms with E-state index >= 15 is 0 Å². The molecule has 0 aromatic heterocycles. The highest BCUT2D eigenvalue weighted by atomic mass is 16.7. The first-order valence-corrected chi connectivity index (χ1v) is 6.47. The molecule has 96 valence electrons. The molecule has 16 heavy (non-hydrogen) atoms. The van der Waals surface area contributed by atoms with Crippen LogP contribution in [0.25, 0.3) is 0 Å². The van der Waals surface area contributed by atoms with Gasteiger partial charge in [-0.1, -0.05) is 34.6 Å². The van der Waals surface area contributed by atoms with E-state index < -0.39 is 0 Å². The Balaban J connectivity index is 2.87. The van der Waals surface area contributed by atoms with Crippen LogP contribution in [0, 0.1) is 16.7 Å². The van der Waals surface area contributed by atoms with E-state index in [1.807, 2.05) is 6.92 Å². The van der Waals surface area contributed by atoms with E-state index in [0.29, 0.717) is 17.4 Å². The summed E-state index contributed by atoms with van der Waals surface area (Å²) in [5, 5.41) is 0. The van der Waals surface area contributed by atoms with Crippen LogP contribution in [0.5, 0.6) is 0 Å². The van der Waals surface area contributed by atoms with Crippen LogP contribution in [-0.2, 0) is 9.47 Å². The maximum Gasteiger partial charge on any atom is 0.154 e. The molecule has 1 fully saturated rings. The van der Waals surface area contributed by atoms with Gasteiger partial charge in [-0.2, -0.15) is 0 Å². The molecule has 0 aromatic rings. The predicted molar refractivity (Wildman–Crippen MR) is 67.3 cm³/mol. The van der Waals surface area contributed by atoms with Crippen molar-refractivity contribution in [2.45, 2.75) is 66.8 Å². The molecule has 4 atom stereocenters. The zero-order valence-corrected chi connectivity index (χ0v) is 12.0. The van der Waals surface area contributed by atoms with Crippen LogP contribution in [0.2, 0.25) is 0 Å². The molecule has 1 aliphatic rings. The Hall–Kier alpha value is -0.0800. The van der Waals surface area contributed by atoms with Crippen LogP contribution in [0.3, 0.4) is 0 Å². The molecule has 0 amide bonds. The van der Waals surface area contributed by atoms with Crippen molar-refractivity contribution in [1.82, 2.24) is 0 Å². The van der Waals surface area contributed by atoms with Gasteiger partial charge >= 0.3 is 0 Å². The molecule has 0 aromatic carbocycles. The van der Waals surface area contributed by atoms with Gasteiger partial charge in [0.2, 0.25) is 0 Å². The predicted octanol–water partition coefficient (Wildman–Crippen LogP) is 3.85. The highest BCUT2D eigenvalue weighted by Crippen LogP contribution is 2.58. The maximum atomic E-state index is 6.05. The Morgan fingerprint density at radius 3 is 2.31 bits per heavy atom. The summed E-state index contributed by atoms with van der Waals surface area (Å²) in [6, 6.07) is 0. The smallest absolute Gasteiger partial charge is 0.154 e. The minimum atomic E-state index is -0.100. The Kier molecular flexibility index (Phi) is 4.07. The molecule has 1 saturated carbocycles. The summed E-state index contributed by atoms with van der Waals surface area (Å²) in [6.07, 6.45) is 2.52. The molecule has 2 heteroatoms. The second-order valence-electron chi connectivity index (χ2n) is 6.06. The van der Waals surface area contributed by atoms with Crippen molar-refractivity contribution >= 4 is 0 Å². The number of ether oxygens (including phenoxy) is 2. The average Bonchev–Trinajstić information content (AvgIpc) is 2.40. The van der Waals surface area contributed by atoms with Crippen molar-refractivity contribution in [3.05, 3.63) is 0 Å². The molecule has 0 aliphatic heterocycles. The lowest BCUT2D eigenvalue weighted by Crippen LogP contribution is -2.41. The summed E-state index contributed by atoms with van der Waals surface area (Å²) in [7, 11) is 1.71. The van der Waals surface area contributed by atoms with E-state index in [4.69, 9.17) is 9.47 Å². The van der Waals surface area contributed by atoms with Gasteiger partial charge in [0.15, 0.2) is 6.29 Å². The normalized spacial score (nSPS) is 39.9. The lowest BCUT2D eigenvalue weighted by atomic mass is 9.64. The van der Waals surface area contributed by atoms with Crippen molar-refractivity contribution in [2.24, 2.45) is 16.7 Å². The van der Waals surface area contributed by atoms with Gasteiger partial charge in [0, 0.05) is 7.11 Å². The highest BCUT2D eigenvalue weighted by molar-refractivity contribution is 5.04. The number of rotatable bonds is 4. The zero-order valence-electron chi connectivity index (χ0n) is 12.0. The number of methoxy groups -OCH3 is 1. The Bertz CT molecular complexity index is 237. The van der Waals surface area contributed by atoms with Gasteiger partial charge < -0.3 is 9.47 Å². The molecule has 2 nitrogen and oxygen atoms in total. The topological polar surface area (TPSA) is 18.5 Å². The van der Waals surface area contributed by atoms with E-state index in [1.165, 1.54) is 0 Å². The fourth-order valence-corrected chi connectivity index (χ4v) is 3.03. The fraction of sp³-hybridized carbons (Fsp3) is 1.00. The van der Waals surface area contributed by atoms with Gasteiger partial charge in [0.1, 0.15) is 0 Å². The molecule has 0 N–H and O–H groups in total. The van der Waals surface area contributed by atoms with Gasteiger partial charge in [0.25, 0.3) is 0 Å².